The standard InChI is InChI=1S/C18H29NO/c1-14(2)10-15-6-8-16(9-7-15)11-19-12-17-4-3-5-18(17)13-20/h6-9,14,17-20H,3-5,10-13H2,1-2H3. The summed E-state index contributed by atoms with van der Waals surface area (Å²) in [6, 6.07) is 8.98. The molecule has 112 valence electrons. The molecule has 20 heavy (non-hydrogen) atoms. The lowest BCUT2D eigenvalue weighted by molar-refractivity contribution is 0.192. The second kappa shape index (κ2) is 7.80. The van der Waals surface area contributed by atoms with Crippen LogP contribution in [0.5, 0.6) is 0 Å². The molecule has 1 saturated carbocycles. The molecule has 2 N–H and O–H groups in total. The lowest BCUT2D eigenvalue weighted by Gasteiger charge is -2.18. The van der Waals surface area contributed by atoms with Gasteiger partial charge in [-0.2, -0.15) is 0 Å². The summed E-state index contributed by atoms with van der Waals surface area (Å²) < 4.78 is 0. The number of nitrogens with one attached hydrogen (secondary N) is 1. The van der Waals surface area contributed by atoms with Gasteiger partial charge >= 0.3 is 0 Å². The van der Waals surface area contributed by atoms with Gasteiger partial charge in [0.2, 0.25) is 0 Å². The largest absolute Gasteiger partial charge is 0.396 e. The number of hydrogen-bond acceptors (Lipinski definition) is 2. The fourth-order valence-electron chi connectivity index (χ4n) is 3.29. The van der Waals surface area contributed by atoms with Crippen LogP contribution in [0.3, 0.4) is 0 Å². The summed E-state index contributed by atoms with van der Waals surface area (Å²) in [5.41, 5.74) is 2.79. The van der Waals surface area contributed by atoms with E-state index in [1.165, 1.54) is 30.4 Å². The summed E-state index contributed by atoms with van der Waals surface area (Å²) in [6.45, 7) is 6.86. The quantitative estimate of drug-likeness (QED) is 0.799. The van der Waals surface area contributed by atoms with Crippen molar-refractivity contribution in [1.82, 2.24) is 5.32 Å². The van der Waals surface area contributed by atoms with Crippen LogP contribution in [0.25, 0.3) is 0 Å². The maximum absolute atomic E-state index is 9.33. The fraction of sp³-hybridized carbons (Fsp3) is 0.667. The molecule has 0 aliphatic heterocycles. The van der Waals surface area contributed by atoms with Crippen molar-refractivity contribution in [2.45, 2.75) is 46.1 Å². The van der Waals surface area contributed by atoms with Crippen molar-refractivity contribution in [2.75, 3.05) is 13.2 Å². The third-order valence-corrected chi connectivity index (χ3v) is 4.45. The molecule has 0 heterocycles. The van der Waals surface area contributed by atoms with Gasteiger partial charge in [0, 0.05) is 13.2 Å². The maximum Gasteiger partial charge on any atom is 0.0462 e. The highest BCUT2D eigenvalue weighted by molar-refractivity contribution is 5.22. The first kappa shape index (κ1) is 15.5. The molecular weight excluding hydrogens is 246 g/mol. The molecule has 0 radical (unpaired) electrons. The minimum absolute atomic E-state index is 0.357. The van der Waals surface area contributed by atoms with Crippen LogP contribution >= 0.6 is 0 Å². The van der Waals surface area contributed by atoms with Crippen molar-refractivity contribution < 1.29 is 5.11 Å². The molecule has 2 heteroatoms. The minimum atomic E-state index is 0.357. The molecule has 1 fully saturated rings. The Kier molecular flexibility index (Phi) is 6.06. The van der Waals surface area contributed by atoms with Crippen LogP contribution in [0.4, 0.5) is 0 Å². The Morgan fingerprint density at radius 2 is 1.75 bits per heavy atom. The van der Waals surface area contributed by atoms with E-state index < -0.39 is 0 Å². The SMILES string of the molecule is CC(C)Cc1ccc(CNCC2CCCC2CO)cc1. The summed E-state index contributed by atoms with van der Waals surface area (Å²) >= 11 is 0. The molecule has 1 aliphatic rings. The Morgan fingerprint density at radius 3 is 2.40 bits per heavy atom. The third-order valence-electron chi connectivity index (χ3n) is 4.45. The van der Waals surface area contributed by atoms with Crippen molar-refractivity contribution in [3.05, 3.63) is 35.4 Å². The first-order chi connectivity index (χ1) is 9.69. The van der Waals surface area contributed by atoms with E-state index in [9.17, 15) is 5.11 Å². The lowest BCUT2D eigenvalue weighted by Crippen LogP contribution is -2.26. The molecule has 2 rings (SSSR count). The average molecular weight is 275 g/mol. The number of aliphatic hydroxyl groups excluding tert-OH is 1. The van der Waals surface area contributed by atoms with Gasteiger partial charge in [0.05, 0.1) is 0 Å². The Morgan fingerprint density at radius 1 is 1.10 bits per heavy atom. The smallest absolute Gasteiger partial charge is 0.0462 e. The predicted octanol–water partition coefficient (Wildman–Crippen LogP) is 3.38. The molecule has 0 amide bonds. The molecule has 2 nitrogen and oxygen atoms in total. The minimum Gasteiger partial charge on any atom is -0.396 e. The van der Waals surface area contributed by atoms with Crippen LogP contribution in [0.15, 0.2) is 24.3 Å². The highest BCUT2D eigenvalue weighted by Gasteiger charge is 2.25. The second-order valence-electron chi connectivity index (χ2n) is 6.68. The van der Waals surface area contributed by atoms with E-state index in [-0.39, 0.29) is 0 Å². The molecule has 1 aromatic carbocycles. The van der Waals surface area contributed by atoms with Gasteiger partial charge in [-0.25, -0.2) is 0 Å². The molecular formula is C18H29NO. The van der Waals surface area contributed by atoms with Gasteiger partial charge in [0.25, 0.3) is 0 Å². The lowest BCUT2D eigenvalue weighted by atomic mass is 9.97. The molecule has 2 atom stereocenters. The Labute approximate surface area is 123 Å². The van der Waals surface area contributed by atoms with Crippen molar-refractivity contribution in [3.63, 3.8) is 0 Å². The average Bonchev–Trinajstić information content (AvgIpc) is 2.87. The molecule has 1 aromatic rings. The number of aliphatic hydroxyl groups is 1. The van der Waals surface area contributed by atoms with E-state index in [2.05, 4.69) is 43.4 Å². The maximum atomic E-state index is 9.33. The molecule has 0 bridgehead atoms. The van der Waals surface area contributed by atoms with Crippen molar-refractivity contribution in [3.8, 4) is 0 Å². The van der Waals surface area contributed by atoms with Crippen LogP contribution in [0.1, 0.15) is 44.2 Å². The first-order valence-corrected chi connectivity index (χ1v) is 8.08. The van der Waals surface area contributed by atoms with Crippen LogP contribution in [0, 0.1) is 17.8 Å². The van der Waals surface area contributed by atoms with Crippen molar-refractivity contribution in [1.29, 1.82) is 0 Å². The van der Waals surface area contributed by atoms with E-state index in [1.54, 1.807) is 0 Å². The molecule has 0 spiro atoms. The summed E-state index contributed by atoms with van der Waals surface area (Å²) in [4.78, 5) is 0. The van der Waals surface area contributed by atoms with Crippen molar-refractivity contribution >= 4 is 0 Å². The topological polar surface area (TPSA) is 32.3 Å². The van der Waals surface area contributed by atoms with Crippen LogP contribution in [-0.2, 0) is 13.0 Å². The number of benzene rings is 1. The third kappa shape index (κ3) is 4.60. The number of hydrogen-bond donors (Lipinski definition) is 2. The van der Waals surface area contributed by atoms with Gasteiger partial charge in [-0.3, -0.25) is 0 Å². The monoisotopic (exact) mass is 275 g/mol. The van der Waals surface area contributed by atoms with E-state index in [0.29, 0.717) is 18.4 Å². The highest BCUT2D eigenvalue weighted by Crippen LogP contribution is 2.30. The summed E-state index contributed by atoms with van der Waals surface area (Å²) in [6.07, 6.45) is 4.91. The van der Waals surface area contributed by atoms with Gasteiger partial charge < -0.3 is 10.4 Å². The highest BCUT2D eigenvalue weighted by atomic mass is 16.3. The Balaban J connectivity index is 1.74. The fourth-order valence-corrected chi connectivity index (χ4v) is 3.29. The van der Waals surface area contributed by atoms with Crippen molar-refractivity contribution in [2.24, 2.45) is 17.8 Å². The van der Waals surface area contributed by atoms with Gasteiger partial charge in [0.1, 0.15) is 0 Å². The van der Waals surface area contributed by atoms with E-state index in [0.717, 1.165) is 25.4 Å². The van der Waals surface area contributed by atoms with Crippen LogP contribution in [0.2, 0.25) is 0 Å². The molecule has 1 aliphatic carbocycles. The summed E-state index contributed by atoms with van der Waals surface area (Å²) in [7, 11) is 0. The predicted molar refractivity (Wildman–Crippen MR) is 84.6 cm³/mol. The summed E-state index contributed by atoms with van der Waals surface area (Å²) in [5.74, 6) is 1.91. The first-order valence-electron chi connectivity index (χ1n) is 8.08. The zero-order chi connectivity index (χ0) is 14.4. The Bertz CT molecular complexity index is 385. The van der Waals surface area contributed by atoms with Gasteiger partial charge in [-0.05, 0) is 54.7 Å². The van der Waals surface area contributed by atoms with Crippen LogP contribution < -0.4 is 5.32 Å². The molecule has 0 saturated heterocycles. The second-order valence-corrected chi connectivity index (χ2v) is 6.68. The van der Waals surface area contributed by atoms with E-state index in [1.807, 2.05) is 0 Å². The van der Waals surface area contributed by atoms with Gasteiger partial charge in [0.15, 0.2) is 0 Å². The zero-order valence-corrected chi connectivity index (χ0v) is 12.9. The van der Waals surface area contributed by atoms with E-state index >= 15 is 0 Å². The summed E-state index contributed by atoms with van der Waals surface area (Å²) in [5, 5.41) is 12.9. The van der Waals surface area contributed by atoms with Gasteiger partial charge in [-0.15, -0.1) is 0 Å². The normalized spacial score (nSPS) is 22.6. The van der Waals surface area contributed by atoms with Gasteiger partial charge in [-0.1, -0.05) is 44.5 Å². The van der Waals surface area contributed by atoms with E-state index in [4.69, 9.17) is 0 Å². The molecule has 0 aromatic heterocycles. The molecule has 2 unspecified atom stereocenters. The van der Waals surface area contributed by atoms with Crippen LogP contribution in [-0.4, -0.2) is 18.3 Å². The zero-order valence-electron chi connectivity index (χ0n) is 12.9. The number of rotatable bonds is 7. The Hall–Kier alpha value is -0.860.